The molecule has 0 aromatic carbocycles. The number of ether oxygens (including phenoxy) is 1. The minimum absolute atomic E-state index is 0.437. The molecule has 0 aliphatic carbocycles. The average Bonchev–Trinajstić information content (AvgIpc) is 2.48. The van der Waals surface area contributed by atoms with Crippen molar-refractivity contribution in [2.24, 2.45) is 0 Å². The Morgan fingerprint density at radius 2 is 2.17 bits per heavy atom. The lowest BCUT2D eigenvalue weighted by Crippen LogP contribution is -2.15. The van der Waals surface area contributed by atoms with Crippen molar-refractivity contribution in [1.82, 2.24) is 0 Å². The van der Waals surface area contributed by atoms with Crippen LogP contribution in [0.25, 0.3) is 0 Å². The number of ketones is 1. The summed E-state index contributed by atoms with van der Waals surface area (Å²) in [4.78, 5) is 22.8. The molecule has 64 valence electrons. The molecule has 3 nitrogen and oxygen atoms in total. The summed E-state index contributed by atoms with van der Waals surface area (Å²) in [5, 5.41) is 1.77. The number of carbonyl (C=O) groups excluding carboxylic acids is 2. The summed E-state index contributed by atoms with van der Waals surface area (Å²) in [5.74, 6) is -1.38. The van der Waals surface area contributed by atoms with Gasteiger partial charge in [-0.15, -0.1) is 11.3 Å². The Morgan fingerprint density at radius 3 is 2.58 bits per heavy atom. The molecular formula is C8H8O3S. The second kappa shape index (κ2) is 3.49. The normalized spacial score (nSPS) is 9.50. The molecule has 12 heavy (non-hydrogen) atoms. The summed E-state index contributed by atoms with van der Waals surface area (Å²) in [6, 6.07) is 1.62. The minimum atomic E-state index is -0.809. The third kappa shape index (κ3) is 1.53. The number of carbonyl (C=O) groups is 2. The second-order valence-corrected chi connectivity index (χ2v) is 3.33. The van der Waals surface area contributed by atoms with E-state index in [1.807, 2.05) is 0 Å². The van der Waals surface area contributed by atoms with Gasteiger partial charge in [0, 0.05) is 10.4 Å². The van der Waals surface area contributed by atoms with E-state index >= 15 is 0 Å². The van der Waals surface area contributed by atoms with Crippen molar-refractivity contribution in [3.05, 3.63) is 21.9 Å². The maximum Gasteiger partial charge on any atom is 0.379 e. The van der Waals surface area contributed by atoms with Gasteiger partial charge in [-0.1, -0.05) is 0 Å². The molecule has 1 rings (SSSR count). The summed E-state index contributed by atoms with van der Waals surface area (Å²) < 4.78 is 4.31. The third-order valence-electron chi connectivity index (χ3n) is 1.47. The number of methoxy groups -OCH3 is 1. The summed E-state index contributed by atoms with van der Waals surface area (Å²) in [6.07, 6.45) is 0. The first-order valence-corrected chi connectivity index (χ1v) is 4.21. The van der Waals surface area contributed by atoms with Gasteiger partial charge >= 0.3 is 5.97 Å². The first kappa shape index (κ1) is 8.93. The van der Waals surface area contributed by atoms with Gasteiger partial charge in [0.15, 0.2) is 0 Å². The lowest BCUT2D eigenvalue weighted by atomic mass is 10.2. The molecule has 0 aliphatic heterocycles. The van der Waals surface area contributed by atoms with E-state index in [0.717, 1.165) is 4.88 Å². The van der Waals surface area contributed by atoms with Crippen molar-refractivity contribution >= 4 is 23.1 Å². The van der Waals surface area contributed by atoms with E-state index in [1.165, 1.54) is 18.4 Å². The van der Waals surface area contributed by atoms with Crippen LogP contribution in [0.1, 0.15) is 15.2 Å². The standard InChI is InChI=1S/C8H8O3S/c1-5-6(3-4-12-5)7(9)8(10)11-2/h3-4H,1-2H3. The molecule has 0 amide bonds. The highest BCUT2D eigenvalue weighted by Gasteiger charge is 2.18. The van der Waals surface area contributed by atoms with E-state index in [4.69, 9.17) is 0 Å². The van der Waals surface area contributed by atoms with Crippen molar-refractivity contribution in [2.75, 3.05) is 7.11 Å². The Balaban J connectivity index is 2.93. The van der Waals surface area contributed by atoms with Crippen LogP contribution >= 0.6 is 11.3 Å². The third-order valence-corrected chi connectivity index (χ3v) is 2.32. The predicted octanol–water partition coefficient (Wildman–Crippen LogP) is 1.41. The van der Waals surface area contributed by atoms with Gasteiger partial charge in [-0.05, 0) is 18.4 Å². The number of thiophene rings is 1. The van der Waals surface area contributed by atoms with Crippen molar-refractivity contribution in [1.29, 1.82) is 0 Å². The molecule has 0 N–H and O–H groups in total. The van der Waals surface area contributed by atoms with E-state index in [9.17, 15) is 9.59 Å². The summed E-state index contributed by atoms with van der Waals surface area (Å²) in [5.41, 5.74) is 0.437. The fraction of sp³-hybridized carbons (Fsp3) is 0.250. The number of rotatable bonds is 2. The van der Waals surface area contributed by atoms with Crippen molar-refractivity contribution in [3.63, 3.8) is 0 Å². The van der Waals surface area contributed by atoms with Gasteiger partial charge < -0.3 is 4.74 Å². The molecule has 0 aliphatic rings. The molecule has 0 unspecified atom stereocenters. The van der Waals surface area contributed by atoms with Gasteiger partial charge in [0.2, 0.25) is 0 Å². The van der Waals surface area contributed by atoms with Crippen LogP contribution in [0.3, 0.4) is 0 Å². The van der Waals surface area contributed by atoms with Crippen LogP contribution in [0.2, 0.25) is 0 Å². The van der Waals surface area contributed by atoms with Crippen LogP contribution in [0, 0.1) is 6.92 Å². The molecule has 0 spiro atoms. The topological polar surface area (TPSA) is 43.4 Å². The molecular weight excluding hydrogens is 176 g/mol. The van der Waals surface area contributed by atoms with E-state index in [0.29, 0.717) is 5.56 Å². The Hall–Kier alpha value is -1.16. The molecule has 1 heterocycles. The van der Waals surface area contributed by atoms with Gasteiger partial charge in [-0.3, -0.25) is 4.79 Å². The zero-order chi connectivity index (χ0) is 9.14. The van der Waals surface area contributed by atoms with Crippen LogP contribution < -0.4 is 0 Å². The van der Waals surface area contributed by atoms with E-state index in [2.05, 4.69) is 4.74 Å². The highest BCUT2D eigenvalue weighted by atomic mass is 32.1. The predicted molar refractivity (Wildman–Crippen MR) is 45.4 cm³/mol. The zero-order valence-electron chi connectivity index (χ0n) is 6.79. The molecule has 0 bridgehead atoms. The highest BCUT2D eigenvalue weighted by molar-refractivity contribution is 7.10. The summed E-state index contributed by atoms with van der Waals surface area (Å²) in [6.45, 7) is 1.79. The van der Waals surface area contributed by atoms with Gasteiger partial charge in [0.1, 0.15) is 0 Å². The van der Waals surface area contributed by atoms with Crippen molar-refractivity contribution < 1.29 is 14.3 Å². The smallest absolute Gasteiger partial charge is 0.379 e. The Labute approximate surface area is 74.0 Å². The maximum atomic E-state index is 11.2. The largest absolute Gasteiger partial charge is 0.463 e. The highest BCUT2D eigenvalue weighted by Crippen LogP contribution is 2.15. The molecule has 0 fully saturated rings. The molecule has 0 radical (unpaired) electrons. The monoisotopic (exact) mass is 184 g/mol. The first-order valence-electron chi connectivity index (χ1n) is 3.33. The van der Waals surface area contributed by atoms with Crippen molar-refractivity contribution in [3.8, 4) is 0 Å². The lowest BCUT2D eigenvalue weighted by Gasteiger charge is -1.95. The number of hydrogen-bond acceptors (Lipinski definition) is 4. The van der Waals surface area contributed by atoms with Crippen LogP contribution in [-0.4, -0.2) is 18.9 Å². The minimum Gasteiger partial charge on any atom is -0.463 e. The van der Waals surface area contributed by atoms with Gasteiger partial charge in [-0.25, -0.2) is 4.79 Å². The average molecular weight is 184 g/mol. The quantitative estimate of drug-likeness (QED) is 0.396. The molecule has 0 saturated heterocycles. The second-order valence-electron chi connectivity index (χ2n) is 2.21. The van der Waals surface area contributed by atoms with Crippen LogP contribution in [0.5, 0.6) is 0 Å². The van der Waals surface area contributed by atoms with Crippen molar-refractivity contribution in [2.45, 2.75) is 6.92 Å². The first-order chi connectivity index (χ1) is 5.66. The van der Waals surface area contributed by atoms with Crippen LogP contribution in [0.4, 0.5) is 0 Å². The van der Waals surface area contributed by atoms with Gasteiger partial charge in [-0.2, -0.15) is 0 Å². The Morgan fingerprint density at radius 1 is 1.50 bits per heavy atom. The van der Waals surface area contributed by atoms with Gasteiger partial charge in [0.25, 0.3) is 5.78 Å². The van der Waals surface area contributed by atoms with E-state index < -0.39 is 11.8 Å². The summed E-state index contributed by atoms with van der Waals surface area (Å²) >= 11 is 1.43. The maximum absolute atomic E-state index is 11.2. The molecule has 0 saturated carbocycles. The Bertz CT molecular complexity index is 314. The molecule has 1 aromatic heterocycles. The van der Waals surface area contributed by atoms with Gasteiger partial charge in [0.05, 0.1) is 7.11 Å². The SMILES string of the molecule is COC(=O)C(=O)c1ccsc1C. The number of esters is 1. The molecule has 4 heteroatoms. The number of hydrogen-bond donors (Lipinski definition) is 0. The van der Waals surface area contributed by atoms with Crippen LogP contribution in [-0.2, 0) is 9.53 Å². The number of aryl methyl sites for hydroxylation is 1. The Kier molecular flexibility index (Phi) is 2.60. The van der Waals surface area contributed by atoms with E-state index in [1.54, 1.807) is 18.4 Å². The lowest BCUT2D eigenvalue weighted by molar-refractivity contribution is -0.135. The van der Waals surface area contributed by atoms with E-state index in [-0.39, 0.29) is 0 Å². The molecule has 1 aromatic rings. The number of Topliss-reactive ketones (excluding diaryl/α,β-unsaturated/α-hetero) is 1. The van der Waals surface area contributed by atoms with Crippen LogP contribution in [0.15, 0.2) is 11.4 Å². The summed E-state index contributed by atoms with van der Waals surface area (Å²) in [7, 11) is 1.20. The fourth-order valence-electron chi connectivity index (χ4n) is 0.823. The fourth-order valence-corrected chi connectivity index (χ4v) is 1.52. The zero-order valence-corrected chi connectivity index (χ0v) is 7.60. The molecule has 0 atom stereocenters.